The fourth-order valence-corrected chi connectivity index (χ4v) is 1.91. The molecule has 0 spiro atoms. The van der Waals surface area contributed by atoms with Gasteiger partial charge in [-0.2, -0.15) is 0 Å². The second-order valence-corrected chi connectivity index (χ2v) is 4.83. The predicted octanol–water partition coefficient (Wildman–Crippen LogP) is 3.21. The second-order valence-electron chi connectivity index (χ2n) is 4.83. The minimum absolute atomic E-state index is 0.0887. The molecule has 0 aliphatic heterocycles. The Balaban J connectivity index is 2.12. The lowest BCUT2D eigenvalue weighted by Gasteiger charge is -2.22. The molecule has 4 heteroatoms. The van der Waals surface area contributed by atoms with Crippen molar-refractivity contribution in [3.05, 3.63) is 59.9 Å². The zero-order valence-corrected chi connectivity index (χ0v) is 11.2. The molecule has 0 aliphatic carbocycles. The van der Waals surface area contributed by atoms with Crippen LogP contribution >= 0.6 is 0 Å². The van der Waals surface area contributed by atoms with Gasteiger partial charge in [-0.15, -0.1) is 0 Å². The number of benzene rings is 2. The Morgan fingerprint density at radius 3 is 2.40 bits per heavy atom. The zero-order valence-electron chi connectivity index (χ0n) is 11.2. The van der Waals surface area contributed by atoms with Crippen molar-refractivity contribution in [3.63, 3.8) is 0 Å². The van der Waals surface area contributed by atoms with Crippen molar-refractivity contribution >= 4 is 0 Å². The van der Waals surface area contributed by atoms with Gasteiger partial charge in [-0.05, 0) is 36.8 Å². The van der Waals surface area contributed by atoms with Crippen LogP contribution in [0, 0.1) is 5.82 Å². The van der Waals surface area contributed by atoms with Gasteiger partial charge in [0.2, 0.25) is 0 Å². The van der Waals surface area contributed by atoms with Crippen LogP contribution in [-0.2, 0) is 5.60 Å². The third-order valence-corrected chi connectivity index (χ3v) is 3.11. The van der Waals surface area contributed by atoms with Crippen LogP contribution in [0.2, 0.25) is 0 Å². The van der Waals surface area contributed by atoms with Gasteiger partial charge in [0.1, 0.15) is 17.3 Å². The molecular weight excluding hydrogens is 259 g/mol. The van der Waals surface area contributed by atoms with E-state index in [-0.39, 0.29) is 18.8 Å². The number of ether oxygens (including phenoxy) is 1. The maximum absolute atomic E-state index is 13.0. The Morgan fingerprint density at radius 2 is 1.80 bits per heavy atom. The highest BCUT2D eigenvalue weighted by molar-refractivity contribution is 5.34. The Labute approximate surface area is 117 Å². The van der Waals surface area contributed by atoms with E-state index in [1.54, 1.807) is 43.3 Å². The standard InChI is InChI=1S/C16H17FO3/c1-16(19,9-10-18)12-5-7-14(8-6-12)20-15-4-2-3-13(17)11-15/h2-8,11,18-19H,9-10H2,1H3. The van der Waals surface area contributed by atoms with Crippen molar-refractivity contribution in [1.82, 2.24) is 0 Å². The molecule has 0 saturated heterocycles. The first-order valence-electron chi connectivity index (χ1n) is 6.38. The van der Waals surface area contributed by atoms with E-state index in [1.807, 2.05) is 0 Å². The van der Waals surface area contributed by atoms with Crippen molar-refractivity contribution < 1.29 is 19.3 Å². The average molecular weight is 276 g/mol. The van der Waals surface area contributed by atoms with Crippen molar-refractivity contribution in [1.29, 1.82) is 0 Å². The molecule has 1 atom stereocenters. The number of hydrogen-bond donors (Lipinski definition) is 2. The molecule has 106 valence electrons. The fourth-order valence-electron chi connectivity index (χ4n) is 1.91. The highest BCUT2D eigenvalue weighted by Gasteiger charge is 2.22. The van der Waals surface area contributed by atoms with Gasteiger partial charge in [0.15, 0.2) is 0 Å². The molecule has 3 nitrogen and oxygen atoms in total. The van der Waals surface area contributed by atoms with Gasteiger partial charge in [-0.3, -0.25) is 0 Å². The molecular formula is C16H17FO3. The lowest BCUT2D eigenvalue weighted by Crippen LogP contribution is -2.22. The van der Waals surface area contributed by atoms with E-state index in [0.717, 1.165) is 0 Å². The Hall–Kier alpha value is -1.91. The number of hydrogen-bond acceptors (Lipinski definition) is 3. The first-order valence-corrected chi connectivity index (χ1v) is 6.38. The van der Waals surface area contributed by atoms with E-state index in [2.05, 4.69) is 0 Å². The van der Waals surface area contributed by atoms with E-state index < -0.39 is 5.60 Å². The number of rotatable bonds is 5. The quantitative estimate of drug-likeness (QED) is 0.881. The molecule has 1 unspecified atom stereocenters. The predicted molar refractivity (Wildman–Crippen MR) is 74.2 cm³/mol. The normalized spacial score (nSPS) is 13.8. The summed E-state index contributed by atoms with van der Waals surface area (Å²) in [6.45, 7) is 1.56. The van der Waals surface area contributed by atoms with Gasteiger partial charge in [0.05, 0.1) is 5.60 Å². The van der Waals surface area contributed by atoms with E-state index >= 15 is 0 Å². The van der Waals surface area contributed by atoms with Crippen LogP contribution in [0.15, 0.2) is 48.5 Å². The third kappa shape index (κ3) is 3.56. The van der Waals surface area contributed by atoms with Gasteiger partial charge < -0.3 is 14.9 Å². The summed E-state index contributed by atoms with van der Waals surface area (Å²) in [7, 11) is 0. The van der Waals surface area contributed by atoms with E-state index in [4.69, 9.17) is 9.84 Å². The molecule has 0 saturated carbocycles. The van der Waals surface area contributed by atoms with Crippen molar-refractivity contribution in [2.24, 2.45) is 0 Å². The van der Waals surface area contributed by atoms with Crippen molar-refractivity contribution in [2.75, 3.05) is 6.61 Å². The molecule has 0 heterocycles. The maximum atomic E-state index is 13.0. The summed E-state index contributed by atoms with van der Waals surface area (Å²) in [5.74, 6) is 0.615. The fraction of sp³-hybridized carbons (Fsp3) is 0.250. The van der Waals surface area contributed by atoms with Gasteiger partial charge in [0, 0.05) is 19.1 Å². The van der Waals surface area contributed by atoms with E-state index in [9.17, 15) is 9.50 Å². The molecule has 0 bridgehead atoms. The van der Waals surface area contributed by atoms with E-state index in [1.165, 1.54) is 12.1 Å². The molecule has 2 aromatic rings. The Bertz CT molecular complexity index is 564. The summed E-state index contributed by atoms with van der Waals surface area (Å²) < 4.78 is 18.6. The van der Waals surface area contributed by atoms with Gasteiger partial charge >= 0.3 is 0 Å². The monoisotopic (exact) mass is 276 g/mol. The average Bonchev–Trinajstić information content (AvgIpc) is 2.39. The highest BCUT2D eigenvalue weighted by Crippen LogP contribution is 2.28. The molecule has 0 radical (unpaired) electrons. The lowest BCUT2D eigenvalue weighted by atomic mass is 9.93. The molecule has 2 aromatic carbocycles. The molecule has 0 fully saturated rings. The number of halogens is 1. The minimum Gasteiger partial charge on any atom is -0.457 e. The largest absolute Gasteiger partial charge is 0.457 e. The number of aliphatic hydroxyl groups excluding tert-OH is 1. The molecule has 2 N–H and O–H groups in total. The van der Waals surface area contributed by atoms with Crippen molar-refractivity contribution in [3.8, 4) is 11.5 Å². The van der Waals surface area contributed by atoms with Crippen LogP contribution in [0.4, 0.5) is 4.39 Å². The summed E-state index contributed by atoms with van der Waals surface area (Å²) in [4.78, 5) is 0. The molecule has 0 amide bonds. The summed E-state index contributed by atoms with van der Waals surface area (Å²) in [5, 5.41) is 19.1. The van der Waals surface area contributed by atoms with E-state index in [0.29, 0.717) is 17.1 Å². The van der Waals surface area contributed by atoms with Crippen LogP contribution in [0.1, 0.15) is 18.9 Å². The van der Waals surface area contributed by atoms with Crippen LogP contribution < -0.4 is 4.74 Å². The minimum atomic E-state index is -1.08. The number of aliphatic hydroxyl groups is 2. The third-order valence-electron chi connectivity index (χ3n) is 3.11. The zero-order chi connectivity index (χ0) is 14.6. The Kier molecular flexibility index (Phi) is 4.37. The van der Waals surface area contributed by atoms with Crippen LogP contribution in [0.3, 0.4) is 0 Å². The van der Waals surface area contributed by atoms with Gasteiger partial charge in [-0.25, -0.2) is 4.39 Å². The first-order chi connectivity index (χ1) is 9.51. The lowest BCUT2D eigenvalue weighted by molar-refractivity contribution is 0.0299. The van der Waals surface area contributed by atoms with Crippen LogP contribution in [0.5, 0.6) is 11.5 Å². The van der Waals surface area contributed by atoms with Gasteiger partial charge in [0.25, 0.3) is 0 Å². The van der Waals surface area contributed by atoms with Crippen LogP contribution in [0.25, 0.3) is 0 Å². The molecule has 0 aromatic heterocycles. The maximum Gasteiger partial charge on any atom is 0.130 e. The Morgan fingerprint density at radius 1 is 1.10 bits per heavy atom. The molecule has 0 aliphatic rings. The molecule has 20 heavy (non-hydrogen) atoms. The first kappa shape index (κ1) is 14.5. The topological polar surface area (TPSA) is 49.7 Å². The summed E-state index contributed by atoms with van der Waals surface area (Å²) >= 11 is 0. The van der Waals surface area contributed by atoms with Crippen molar-refractivity contribution in [2.45, 2.75) is 18.9 Å². The van der Waals surface area contributed by atoms with Gasteiger partial charge in [-0.1, -0.05) is 18.2 Å². The highest BCUT2D eigenvalue weighted by atomic mass is 19.1. The second kappa shape index (κ2) is 6.03. The molecule has 2 rings (SSSR count). The summed E-state index contributed by atoms with van der Waals surface area (Å²) in [5.41, 5.74) is -0.385. The van der Waals surface area contributed by atoms with Crippen LogP contribution in [-0.4, -0.2) is 16.8 Å². The summed E-state index contributed by atoms with van der Waals surface area (Å²) in [6.07, 6.45) is 0.261. The smallest absolute Gasteiger partial charge is 0.130 e. The summed E-state index contributed by atoms with van der Waals surface area (Å²) in [6, 6.07) is 12.7. The SMILES string of the molecule is CC(O)(CCO)c1ccc(Oc2cccc(F)c2)cc1.